The Balaban J connectivity index is 1.46. The molecule has 1 N–H and O–H groups in total. The summed E-state index contributed by atoms with van der Waals surface area (Å²) in [4.78, 5) is 24.7. The first-order chi connectivity index (χ1) is 13.2. The topological polar surface area (TPSA) is 64.0 Å². The molecular weight excluding hydrogens is 338 g/mol. The van der Waals surface area contributed by atoms with Gasteiger partial charge in [-0.2, -0.15) is 5.10 Å². The molecule has 1 saturated carbocycles. The van der Waals surface area contributed by atoms with Crippen LogP contribution in [0.1, 0.15) is 34.5 Å². The molecule has 0 aliphatic heterocycles. The molecule has 136 valence electrons. The monoisotopic (exact) mass is 359 g/mol. The van der Waals surface area contributed by atoms with E-state index in [-0.39, 0.29) is 22.6 Å². The van der Waals surface area contributed by atoms with Crippen LogP contribution < -0.4 is 10.9 Å². The normalized spacial score (nSPS) is 14.5. The van der Waals surface area contributed by atoms with Crippen molar-refractivity contribution in [3.05, 3.63) is 100.0 Å². The standard InChI is InChI=1S/C22H21N3O2/c26-20-12-11-19(24-25(20)15-17-7-3-1-4-8-17)21(27)23-16-22(13-14-22)18-9-5-2-6-10-18/h1-12H,13-16H2,(H,23,27). The summed E-state index contributed by atoms with van der Waals surface area (Å²) in [7, 11) is 0. The lowest BCUT2D eigenvalue weighted by Gasteiger charge is -2.16. The lowest BCUT2D eigenvalue weighted by atomic mass is 9.96. The van der Waals surface area contributed by atoms with Crippen LogP contribution in [0.15, 0.2) is 77.6 Å². The van der Waals surface area contributed by atoms with Gasteiger partial charge in [0.15, 0.2) is 0 Å². The summed E-state index contributed by atoms with van der Waals surface area (Å²) in [5.74, 6) is -0.251. The van der Waals surface area contributed by atoms with Crippen LogP contribution in [-0.4, -0.2) is 22.2 Å². The molecule has 0 bridgehead atoms. The number of carbonyl (C=O) groups excluding carboxylic acids is 1. The highest BCUT2D eigenvalue weighted by Crippen LogP contribution is 2.47. The molecule has 5 heteroatoms. The van der Waals surface area contributed by atoms with Gasteiger partial charge in [0.25, 0.3) is 11.5 Å². The second kappa shape index (κ2) is 7.19. The number of aromatic nitrogens is 2. The average Bonchev–Trinajstić information content (AvgIpc) is 3.51. The van der Waals surface area contributed by atoms with Gasteiger partial charge in [0, 0.05) is 18.0 Å². The quantitative estimate of drug-likeness (QED) is 0.736. The van der Waals surface area contributed by atoms with Crippen molar-refractivity contribution in [2.24, 2.45) is 0 Å². The maximum absolute atomic E-state index is 12.6. The van der Waals surface area contributed by atoms with Crippen LogP contribution in [0, 0.1) is 0 Å². The zero-order valence-electron chi connectivity index (χ0n) is 15.0. The van der Waals surface area contributed by atoms with Gasteiger partial charge in [0.2, 0.25) is 0 Å². The Bertz CT molecular complexity index is 993. The largest absolute Gasteiger partial charge is 0.350 e. The van der Waals surface area contributed by atoms with Crippen LogP contribution in [0.3, 0.4) is 0 Å². The van der Waals surface area contributed by atoms with Gasteiger partial charge in [-0.15, -0.1) is 0 Å². The van der Waals surface area contributed by atoms with Crippen molar-refractivity contribution in [3.63, 3.8) is 0 Å². The molecule has 1 amide bonds. The second-order valence-corrected chi connectivity index (χ2v) is 7.03. The van der Waals surface area contributed by atoms with Crippen molar-refractivity contribution in [2.75, 3.05) is 6.54 Å². The van der Waals surface area contributed by atoms with E-state index in [4.69, 9.17) is 0 Å². The molecule has 3 aromatic rings. The number of hydrogen-bond acceptors (Lipinski definition) is 3. The third-order valence-corrected chi connectivity index (χ3v) is 5.10. The van der Waals surface area contributed by atoms with E-state index in [0.717, 1.165) is 18.4 Å². The molecule has 1 aliphatic carbocycles. The van der Waals surface area contributed by atoms with Crippen molar-refractivity contribution in [1.82, 2.24) is 15.1 Å². The number of benzene rings is 2. The van der Waals surface area contributed by atoms with E-state index in [1.54, 1.807) is 0 Å². The molecule has 0 saturated heterocycles. The van der Waals surface area contributed by atoms with E-state index in [9.17, 15) is 9.59 Å². The molecule has 0 unspecified atom stereocenters. The van der Waals surface area contributed by atoms with Gasteiger partial charge in [-0.05, 0) is 30.0 Å². The first-order valence-corrected chi connectivity index (χ1v) is 9.12. The van der Waals surface area contributed by atoms with Crippen LogP contribution >= 0.6 is 0 Å². The first-order valence-electron chi connectivity index (χ1n) is 9.12. The number of nitrogens with zero attached hydrogens (tertiary/aromatic N) is 2. The fourth-order valence-electron chi connectivity index (χ4n) is 3.29. The second-order valence-electron chi connectivity index (χ2n) is 7.03. The predicted octanol–water partition coefficient (Wildman–Crippen LogP) is 2.75. The van der Waals surface area contributed by atoms with Crippen molar-refractivity contribution in [2.45, 2.75) is 24.8 Å². The van der Waals surface area contributed by atoms with Crippen molar-refractivity contribution < 1.29 is 4.79 Å². The van der Waals surface area contributed by atoms with E-state index < -0.39 is 0 Å². The Morgan fingerprint density at radius 2 is 1.63 bits per heavy atom. The van der Waals surface area contributed by atoms with Crippen molar-refractivity contribution >= 4 is 5.91 Å². The minimum atomic E-state index is -0.251. The average molecular weight is 359 g/mol. The predicted molar refractivity (Wildman–Crippen MR) is 104 cm³/mol. The first kappa shape index (κ1) is 17.2. The minimum absolute atomic E-state index is 0.0371. The fraction of sp³-hybridized carbons (Fsp3) is 0.227. The highest BCUT2D eigenvalue weighted by Gasteiger charge is 2.44. The lowest BCUT2D eigenvalue weighted by molar-refractivity contribution is 0.0942. The molecule has 0 radical (unpaired) electrons. The molecule has 0 atom stereocenters. The van der Waals surface area contributed by atoms with Crippen LogP contribution in [0.2, 0.25) is 0 Å². The molecule has 1 fully saturated rings. The van der Waals surface area contributed by atoms with Gasteiger partial charge in [-0.25, -0.2) is 4.68 Å². The van der Waals surface area contributed by atoms with Gasteiger partial charge >= 0.3 is 0 Å². The summed E-state index contributed by atoms with van der Waals surface area (Å²) in [6.45, 7) is 0.921. The zero-order valence-corrected chi connectivity index (χ0v) is 15.0. The van der Waals surface area contributed by atoms with Gasteiger partial charge < -0.3 is 5.32 Å². The Morgan fingerprint density at radius 1 is 0.963 bits per heavy atom. The number of hydrogen-bond donors (Lipinski definition) is 1. The van der Waals surface area contributed by atoms with Crippen LogP contribution in [0.5, 0.6) is 0 Å². The van der Waals surface area contributed by atoms with E-state index >= 15 is 0 Å². The third-order valence-electron chi connectivity index (χ3n) is 5.10. The summed E-state index contributed by atoms with van der Waals surface area (Å²) >= 11 is 0. The molecule has 1 aromatic heterocycles. The van der Waals surface area contributed by atoms with Gasteiger partial charge in [-0.1, -0.05) is 60.7 Å². The Hall–Kier alpha value is -3.21. The summed E-state index contributed by atoms with van der Waals surface area (Å²) < 4.78 is 1.33. The maximum atomic E-state index is 12.6. The summed E-state index contributed by atoms with van der Waals surface area (Å²) in [5, 5.41) is 7.25. The molecule has 2 aromatic carbocycles. The van der Waals surface area contributed by atoms with E-state index in [0.29, 0.717) is 13.1 Å². The fourth-order valence-corrected chi connectivity index (χ4v) is 3.29. The third kappa shape index (κ3) is 3.82. The number of carbonyl (C=O) groups is 1. The zero-order chi connectivity index (χ0) is 18.7. The van der Waals surface area contributed by atoms with Crippen molar-refractivity contribution in [3.8, 4) is 0 Å². The molecule has 5 nitrogen and oxygen atoms in total. The SMILES string of the molecule is O=C(NCC1(c2ccccc2)CC1)c1ccc(=O)n(Cc2ccccc2)n1. The Kier molecular flexibility index (Phi) is 4.59. The van der Waals surface area contributed by atoms with Crippen LogP contribution in [-0.2, 0) is 12.0 Å². The molecule has 1 aliphatic rings. The van der Waals surface area contributed by atoms with Gasteiger partial charge in [0.05, 0.1) is 6.54 Å². The highest BCUT2D eigenvalue weighted by molar-refractivity contribution is 5.92. The Labute approximate surface area is 157 Å². The number of rotatable bonds is 6. The van der Waals surface area contributed by atoms with Gasteiger partial charge in [-0.3, -0.25) is 9.59 Å². The number of nitrogens with one attached hydrogen (secondary N) is 1. The van der Waals surface area contributed by atoms with E-state index in [1.807, 2.05) is 48.5 Å². The van der Waals surface area contributed by atoms with E-state index in [1.165, 1.54) is 22.4 Å². The maximum Gasteiger partial charge on any atom is 0.271 e. The molecule has 4 rings (SSSR count). The summed E-state index contributed by atoms with van der Waals surface area (Å²) in [6.07, 6.45) is 2.14. The lowest BCUT2D eigenvalue weighted by Crippen LogP contribution is -2.34. The number of amides is 1. The van der Waals surface area contributed by atoms with Gasteiger partial charge in [0.1, 0.15) is 5.69 Å². The molecule has 27 heavy (non-hydrogen) atoms. The Morgan fingerprint density at radius 3 is 2.30 bits per heavy atom. The van der Waals surface area contributed by atoms with Crippen LogP contribution in [0.25, 0.3) is 0 Å². The molecule has 0 spiro atoms. The smallest absolute Gasteiger partial charge is 0.271 e. The minimum Gasteiger partial charge on any atom is -0.350 e. The van der Waals surface area contributed by atoms with Crippen molar-refractivity contribution in [1.29, 1.82) is 0 Å². The van der Waals surface area contributed by atoms with E-state index in [2.05, 4.69) is 22.5 Å². The molecular formula is C22H21N3O2. The highest BCUT2D eigenvalue weighted by atomic mass is 16.2. The summed E-state index contributed by atoms with van der Waals surface area (Å²) in [6, 6.07) is 22.8. The van der Waals surface area contributed by atoms with Crippen LogP contribution in [0.4, 0.5) is 0 Å². The molecule has 1 heterocycles. The summed E-state index contributed by atoms with van der Waals surface area (Å²) in [5.41, 5.74) is 2.29.